The van der Waals surface area contributed by atoms with Gasteiger partial charge in [0.25, 0.3) is 5.91 Å². The van der Waals surface area contributed by atoms with Crippen LogP contribution in [0.5, 0.6) is 0 Å². The van der Waals surface area contributed by atoms with Crippen molar-refractivity contribution in [2.75, 3.05) is 13.1 Å². The third-order valence-corrected chi connectivity index (χ3v) is 4.04. The van der Waals surface area contributed by atoms with E-state index in [1.54, 1.807) is 30.3 Å². The van der Waals surface area contributed by atoms with Crippen LogP contribution in [0, 0.1) is 6.92 Å². The van der Waals surface area contributed by atoms with Crippen molar-refractivity contribution in [1.29, 1.82) is 0 Å². The number of nitrogens with one attached hydrogen (secondary N) is 1. The lowest BCUT2D eigenvalue weighted by atomic mass is 10.1. The minimum atomic E-state index is -0.642. The highest BCUT2D eigenvalue weighted by atomic mass is 16.5. The molecule has 1 atom stereocenters. The summed E-state index contributed by atoms with van der Waals surface area (Å²) in [4.78, 5) is 31.0. The molecule has 24 heavy (non-hydrogen) atoms. The molecule has 2 amide bonds. The molecule has 0 aliphatic carbocycles. The number of amides is 2. The summed E-state index contributed by atoms with van der Waals surface area (Å²) >= 11 is 0. The molecule has 3 heterocycles. The fraction of sp³-hybridized carbons (Fsp3) is 0.412. The van der Waals surface area contributed by atoms with Gasteiger partial charge in [-0.05, 0) is 31.4 Å². The van der Waals surface area contributed by atoms with Crippen LogP contribution >= 0.6 is 0 Å². The average Bonchev–Trinajstić information content (AvgIpc) is 3.26. The summed E-state index contributed by atoms with van der Waals surface area (Å²) in [5.41, 5.74) is 1.07. The number of rotatable bonds is 5. The molecule has 126 valence electrons. The molecule has 1 unspecified atom stereocenters. The Labute approximate surface area is 140 Å². The zero-order chi connectivity index (χ0) is 16.9. The Kier molecular flexibility index (Phi) is 4.88. The van der Waals surface area contributed by atoms with Crippen LogP contribution < -0.4 is 5.32 Å². The second-order valence-corrected chi connectivity index (χ2v) is 5.95. The van der Waals surface area contributed by atoms with Gasteiger partial charge in [-0.3, -0.25) is 14.6 Å². The fourth-order valence-electron chi connectivity index (χ4n) is 2.82. The average molecular weight is 328 g/mol. The Hall–Kier alpha value is -2.70. The first-order valence-corrected chi connectivity index (χ1v) is 8.05. The predicted molar refractivity (Wildman–Crippen MR) is 86.2 cm³/mol. The molecule has 0 radical (unpaired) electrons. The molecule has 1 aliphatic heterocycles. The molecular formula is C17H20N4O3. The van der Waals surface area contributed by atoms with E-state index in [-0.39, 0.29) is 11.6 Å². The molecule has 2 aromatic heterocycles. The van der Waals surface area contributed by atoms with Gasteiger partial charge in [0.15, 0.2) is 5.69 Å². The van der Waals surface area contributed by atoms with Crippen molar-refractivity contribution in [3.63, 3.8) is 0 Å². The molecule has 0 saturated carbocycles. The zero-order valence-electron chi connectivity index (χ0n) is 13.6. The number of hydrogen-bond donors (Lipinski definition) is 1. The van der Waals surface area contributed by atoms with Crippen molar-refractivity contribution in [2.45, 2.75) is 32.2 Å². The largest absolute Gasteiger partial charge is 0.361 e. The van der Waals surface area contributed by atoms with Gasteiger partial charge < -0.3 is 14.7 Å². The van der Waals surface area contributed by atoms with E-state index >= 15 is 0 Å². The standard InChI is InChI=1S/C17H20N4O3/c1-12-9-14(20-24-12)16(22)19-15(10-13-5-4-6-18-11-13)17(23)21-7-2-3-8-21/h4-6,9,11,15H,2-3,7-8,10H2,1H3,(H,19,22). The Balaban J connectivity index is 1.75. The fourth-order valence-corrected chi connectivity index (χ4v) is 2.82. The number of nitrogens with zero attached hydrogens (tertiary/aromatic N) is 3. The van der Waals surface area contributed by atoms with Gasteiger partial charge in [-0.25, -0.2) is 0 Å². The molecule has 1 aliphatic rings. The molecule has 2 aromatic rings. The first-order chi connectivity index (χ1) is 11.6. The Morgan fingerprint density at radius 1 is 1.38 bits per heavy atom. The van der Waals surface area contributed by atoms with E-state index < -0.39 is 11.9 Å². The summed E-state index contributed by atoms with van der Waals surface area (Å²) in [6, 6.07) is 4.62. The van der Waals surface area contributed by atoms with Gasteiger partial charge in [-0.2, -0.15) is 0 Å². The van der Waals surface area contributed by atoms with Crippen LogP contribution in [0.15, 0.2) is 35.1 Å². The highest BCUT2D eigenvalue weighted by Gasteiger charge is 2.29. The maximum absolute atomic E-state index is 12.8. The Bertz CT molecular complexity index is 708. The van der Waals surface area contributed by atoms with E-state index in [1.807, 2.05) is 12.1 Å². The van der Waals surface area contributed by atoms with E-state index in [9.17, 15) is 9.59 Å². The van der Waals surface area contributed by atoms with Crippen LogP contribution in [0.25, 0.3) is 0 Å². The second kappa shape index (κ2) is 7.25. The van der Waals surface area contributed by atoms with Crippen molar-refractivity contribution in [1.82, 2.24) is 20.4 Å². The van der Waals surface area contributed by atoms with Crippen LogP contribution in [0.1, 0.15) is 34.7 Å². The maximum Gasteiger partial charge on any atom is 0.274 e. The van der Waals surface area contributed by atoms with E-state index in [0.29, 0.717) is 12.2 Å². The number of pyridine rings is 1. The molecule has 1 fully saturated rings. The lowest BCUT2D eigenvalue weighted by molar-refractivity contribution is -0.132. The van der Waals surface area contributed by atoms with Gasteiger partial charge in [-0.15, -0.1) is 0 Å². The van der Waals surface area contributed by atoms with Crippen molar-refractivity contribution in [3.05, 3.63) is 47.6 Å². The zero-order valence-corrected chi connectivity index (χ0v) is 13.6. The summed E-state index contributed by atoms with van der Waals surface area (Å²) in [6.07, 6.45) is 5.78. The number of hydrogen-bond acceptors (Lipinski definition) is 5. The van der Waals surface area contributed by atoms with Gasteiger partial charge in [0.1, 0.15) is 11.8 Å². The molecule has 0 spiro atoms. The van der Waals surface area contributed by atoms with Gasteiger partial charge in [0.2, 0.25) is 5.91 Å². The quantitative estimate of drug-likeness (QED) is 0.895. The Morgan fingerprint density at radius 3 is 2.79 bits per heavy atom. The monoisotopic (exact) mass is 328 g/mol. The van der Waals surface area contributed by atoms with Crippen LogP contribution in [-0.4, -0.2) is 46.0 Å². The molecule has 0 aromatic carbocycles. The van der Waals surface area contributed by atoms with E-state index in [4.69, 9.17) is 4.52 Å². The van der Waals surface area contributed by atoms with Crippen molar-refractivity contribution in [2.24, 2.45) is 0 Å². The molecule has 7 nitrogen and oxygen atoms in total. The summed E-state index contributed by atoms with van der Waals surface area (Å²) in [5, 5.41) is 6.50. The Morgan fingerprint density at radius 2 is 2.17 bits per heavy atom. The lowest BCUT2D eigenvalue weighted by Crippen LogP contribution is -2.49. The minimum Gasteiger partial charge on any atom is -0.361 e. The number of likely N-dealkylation sites (tertiary alicyclic amines) is 1. The molecular weight excluding hydrogens is 308 g/mol. The smallest absolute Gasteiger partial charge is 0.274 e. The first-order valence-electron chi connectivity index (χ1n) is 8.05. The maximum atomic E-state index is 12.8. The van der Waals surface area contributed by atoms with E-state index in [2.05, 4.69) is 15.5 Å². The topological polar surface area (TPSA) is 88.3 Å². The third kappa shape index (κ3) is 3.79. The van der Waals surface area contributed by atoms with Crippen LogP contribution in [0.2, 0.25) is 0 Å². The highest BCUT2D eigenvalue weighted by molar-refractivity contribution is 5.96. The highest BCUT2D eigenvalue weighted by Crippen LogP contribution is 2.12. The van der Waals surface area contributed by atoms with E-state index in [0.717, 1.165) is 31.5 Å². The number of aryl methyl sites for hydroxylation is 1. The van der Waals surface area contributed by atoms with Crippen LogP contribution in [-0.2, 0) is 11.2 Å². The predicted octanol–water partition coefficient (Wildman–Crippen LogP) is 1.34. The van der Waals surface area contributed by atoms with Crippen LogP contribution in [0.4, 0.5) is 0 Å². The number of carbonyl (C=O) groups is 2. The molecule has 0 bridgehead atoms. The van der Waals surface area contributed by atoms with E-state index in [1.165, 1.54) is 0 Å². The summed E-state index contributed by atoms with van der Waals surface area (Å²) < 4.78 is 4.93. The van der Waals surface area contributed by atoms with Crippen LogP contribution in [0.3, 0.4) is 0 Å². The molecule has 1 saturated heterocycles. The summed E-state index contributed by atoms with van der Waals surface area (Å²) in [7, 11) is 0. The molecule has 1 N–H and O–H groups in total. The summed E-state index contributed by atoms with van der Waals surface area (Å²) in [5.74, 6) is 0.0769. The van der Waals surface area contributed by atoms with Crippen molar-refractivity contribution < 1.29 is 14.1 Å². The van der Waals surface area contributed by atoms with Gasteiger partial charge >= 0.3 is 0 Å². The first kappa shape index (κ1) is 16.2. The minimum absolute atomic E-state index is 0.0649. The summed E-state index contributed by atoms with van der Waals surface area (Å²) in [6.45, 7) is 3.19. The molecule has 3 rings (SSSR count). The molecule has 7 heteroatoms. The van der Waals surface area contributed by atoms with Crippen molar-refractivity contribution in [3.8, 4) is 0 Å². The number of carbonyl (C=O) groups excluding carboxylic acids is 2. The van der Waals surface area contributed by atoms with Crippen molar-refractivity contribution >= 4 is 11.8 Å². The second-order valence-electron chi connectivity index (χ2n) is 5.95. The normalized spacial score (nSPS) is 15.3. The van der Waals surface area contributed by atoms with Gasteiger partial charge in [0, 0.05) is 38.0 Å². The van der Waals surface area contributed by atoms with Gasteiger partial charge in [-0.1, -0.05) is 11.2 Å². The SMILES string of the molecule is Cc1cc(C(=O)NC(Cc2cccnc2)C(=O)N2CCCC2)no1. The third-order valence-electron chi connectivity index (χ3n) is 4.04. The number of aromatic nitrogens is 2. The lowest BCUT2D eigenvalue weighted by Gasteiger charge is -2.23. The van der Waals surface area contributed by atoms with Gasteiger partial charge in [0.05, 0.1) is 0 Å².